The zero-order valence-corrected chi connectivity index (χ0v) is 13.4. The molecule has 0 radical (unpaired) electrons. The van der Waals surface area contributed by atoms with Crippen LogP contribution in [0.3, 0.4) is 0 Å². The van der Waals surface area contributed by atoms with Crippen LogP contribution in [0.2, 0.25) is 0 Å². The minimum Gasteiger partial charge on any atom is -0.368 e. The maximum atomic E-state index is 11.4. The van der Waals surface area contributed by atoms with E-state index in [2.05, 4.69) is 41.0 Å². The van der Waals surface area contributed by atoms with Crippen LogP contribution in [0.15, 0.2) is 12.4 Å². The fraction of sp³-hybridized carbons (Fsp3) is 0.714. The molecule has 0 aromatic carbocycles. The molecule has 0 amide bonds. The van der Waals surface area contributed by atoms with Crippen LogP contribution in [-0.4, -0.2) is 55.8 Å². The zero-order chi connectivity index (χ0) is 14.6. The van der Waals surface area contributed by atoms with Crippen LogP contribution in [0.1, 0.15) is 26.5 Å². The lowest BCUT2D eigenvalue weighted by Crippen LogP contribution is -2.53. The Morgan fingerprint density at radius 3 is 2.70 bits per heavy atom. The molecule has 1 aliphatic heterocycles. The molecule has 2 rings (SSSR count). The second-order valence-electron chi connectivity index (χ2n) is 5.75. The highest BCUT2D eigenvalue weighted by atomic mass is 32.2. The topological polar surface area (TPSA) is 58.1 Å². The first-order chi connectivity index (χ1) is 9.51. The summed E-state index contributed by atoms with van der Waals surface area (Å²) in [6.07, 6.45) is 2.52. The third-order valence-electron chi connectivity index (χ3n) is 3.82. The molecule has 0 aliphatic carbocycles. The predicted octanol–water partition coefficient (Wildman–Crippen LogP) is 1.29. The highest BCUT2D eigenvalue weighted by Crippen LogP contribution is 2.18. The van der Waals surface area contributed by atoms with Crippen molar-refractivity contribution >= 4 is 16.6 Å². The number of hydrogen-bond acceptors (Lipinski definition) is 5. The van der Waals surface area contributed by atoms with Gasteiger partial charge in [0.1, 0.15) is 12.1 Å². The van der Waals surface area contributed by atoms with E-state index in [1.54, 1.807) is 6.33 Å². The van der Waals surface area contributed by atoms with Crippen molar-refractivity contribution in [2.75, 3.05) is 36.5 Å². The molecular formula is C14H24N4OS. The molecule has 5 nitrogen and oxygen atoms in total. The summed E-state index contributed by atoms with van der Waals surface area (Å²) in [5.74, 6) is 2.46. The predicted molar refractivity (Wildman–Crippen MR) is 83.4 cm³/mol. The Labute approximate surface area is 123 Å². The SMILES string of the molecule is CCc1cc(NCC(C)(C)N2CCS(=O)CC2)ncn1. The molecule has 0 bridgehead atoms. The number of rotatable bonds is 5. The van der Waals surface area contributed by atoms with Gasteiger partial charge in [-0.05, 0) is 20.3 Å². The van der Waals surface area contributed by atoms with Crippen LogP contribution in [0.5, 0.6) is 0 Å². The molecule has 0 spiro atoms. The molecule has 1 fully saturated rings. The first-order valence-corrected chi connectivity index (χ1v) is 8.65. The minimum atomic E-state index is -0.623. The van der Waals surface area contributed by atoms with Crippen LogP contribution in [0.4, 0.5) is 5.82 Å². The summed E-state index contributed by atoms with van der Waals surface area (Å²) in [7, 11) is -0.623. The molecule has 20 heavy (non-hydrogen) atoms. The van der Waals surface area contributed by atoms with Crippen LogP contribution in [0, 0.1) is 0 Å². The van der Waals surface area contributed by atoms with Gasteiger partial charge in [0.25, 0.3) is 0 Å². The molecular weight excluding hydrogens is 272 g/mol. The van der Waals surface area contributed by atoms with E-state index in [0.29, 0.717) is 0 Å². The molecule has 0 unspecified atom stereocenters. The number of anilines is 1. The van der Waals surface area contributed by atoms with Crippen molar-refractivity contribution in [1.29, 1.82) is 0 Å². The molecule has 1 aromatic rings. The Morgan fingerprint density at radius 2 is 2.05 bits per heavy atom. The Bertz CT molecular complexity index is 468. The molecule has 1 N–H and O–H groups in total. The van der Waals surface area contributed by atoms with Gasteiger partial charge in [-0.1, -0.05) is 6.92 Å². The molecule has 0 saturated carbocycles. The lowest BCUT2D eigenvalue weighted by atomic mass is 10.0. The Balaban J connectivity index is 1.92. The largest absolute Gasteiger partial charge is 0.368 e. The Hall–Kier alpha value is -1.01. The van der Waals surface area contributed by atoms with E-state index >= 15 is 0 Å². The standard InChI is InChI=1S/C14H24N4OS/c1-4-12-9-13(17-11-16-12)15-10-14(2,3)18-5-7-20(19)8-6-18/h9,11H,4-8,10H2,1-3H3,(H,15,16,17). The van der Waals surface area contributed by atoms with Crippen molar-refractivity contribution in [3.63, 3.8) is 0 Å². The van der Waals surface area contributed by atoms with Crippen molar-refractivity contribution < 1.29 is 4.21 Å². The summed E-state index contributed by atoms with van der Waals surface area (Å²) < 4.78 is 11.4. The molecule has 0 atom stereocenters. The summed E-state index contributed by atoms with van der Waals surface area (Å²) in [6.45, 7) is 9.16. The Kier molecular flexibility index (Phi) is 5.10. The van der Waals surface area contributed by atoms with E-state index in [4.69, 9.17) is 0 Å². The number of aryl methyl sites for hydroxylation is 1. The number of hydrogen-bond donors (Lipinski definition) is 1. The number of nitrogens with one attached hydrogen (secondary N) is 1. The van der Waals surface area contributed by atoms with Crippen LogP contribution in [-0.2, 0) is 17.2 Å². The quantitative estimate of drug-likeness (QED) is 0.887. The van der Waals surface area contributed by atoms with Gasteiger partial charge in [-0.2, -0.15) is 0 Å². The smallest absolute Gasteiger partial charge is 0.129 e. The second-order valence-corrected chi connectivity index (χ2v) is 7.45. The van der Waals surface area contributed by atoms with E-state index < -0.39 is 10.8 Å². The maximum Gasteiger partial charge on any atom is 0.129 e. The third kappa shape index (κ3) is 3.99. The van der Waals surface area contributed by atoms with Gasteiger partial charge in [0, 0.05) is 59.2 Å². The molecule has 1 saturated heterocycles. The molecule has 112 valence electrons. The van der Waals surface area contributed by atoms with Gasteiger partial charge in [-0.3, -0.25) is 9.11 Å². The molecule has 6 heteroatoms. The average Bonchev–Trinajstić information content (AvgIpc) is 2.46. The van der Waals surface area contributed by atoms with Gasteiger partial charge in [0.2, 0.25) is 0 Å². The lowest BCUT2D eigenvalue weighted by Gasteiger charge is -2.40. The highest BCUT2D eigenvalue weighted by Gasteiger charge is 2.29. The third-order valence-corrected chi connectivity index (χ3v) is 5.10. The summed E-state index contributed by atoms with van der Waals surface area (Å²) in [5.41, 5.74) is 1.08. The van der Waals surface area contributed by atoms with Gasteiger partial charge in [-0.15, -0.1) is 0 Å². The summed E-state index contributed by atoms with van der Waals surface area (Å²) in [4.78, 5) is 10.9. The van der Waals surface area contributed by atoms with Gasteiger partial charge in [0.05, 0.1) is 0 Å². The second kappa shape index (κ2) is 6.63. The molecule has 2 heterocycles. The van der Waals surface area contributed by atoms with Gasteiger partial charge in [0.15, 0.2) is 0 Å². The highest BCUT2D eigenvalue weighted by molar-refractivity contribution is 7.85. The fourth-order valence-corrected chi connectivity index (χ4v) is 3.40. The van der Waals surface area contributed by atoms with Crippen molar-refractivity contribution in [2.24, 2.45) is 0 Å². The zero-order valence-electron chi connectivity index (χ0n) is 12.6. The van der Waals surface area contributed by atoms with E-state index in [-0.39, 0.29) is 5.54 Å². The van der Waals surface area contributed by atoms with Crippen molar-refractivity contribution in [3.8, 4) is 0 Å². The summed E-state index contributed by atoms with van der Waals surface area (Å²) >= 11 is 0. The minimum absolute atomic E-state index is 0.0297. The molecule has 1 aliphatic rings. The summed E-state index contributed by atoms with van der Waals surface area (Å²) in [6, 6.07) is 2.00. The maximum absolute atomic E-state index is 11.4. The average molecular weight is 296 g/mol. The van der Waals surface area contributed by atoms with Gasteiger partial charge < -0.3 is 5.32 Å². The first kappa shape index (κ1) is 15.4. The van der Waals surface area contributed by atoms with Crippen LogP contribution < -0.4 is 5.32 Å². The molecule has 1 aromatic heterocycles. The van der Waals surface area contributed by atoms with E-state index in [1.165, 1.54) is 0 Å². The van der Waals surface area contributed by atoms with Crippen molar-refractivity contribution in [1.82, 2.24) is 14.9 Å². The van der Waals surface area contributed by atoms with E-state index in [1.807, 2.05) is 6.07 Å². The lowest BCUT2D eigenvalue weighted by molar-refractivity contribution is 0.145. The van der Waals surface area contributed by atoms with E-state index in [9.17, 15) is 4.21 Å². The first-order valence-electron chi connectivity index (χ1n) is 7.16. The monoisotopic (exact) mass is 296 g/mol. The van der Waals surface area contributed by atoms with Crippen LogP contribution in [0.25, 0.3) is 0 Å². The fourth-order valence-electron chi connectivity index (χ4n) is 2.35. The summed E-state index contributed by atoms with van der Waals surface area (Å²) in [5, 5.41) is 3.40. The van der Waals surface area contributed by atoms with Crippen molar-refractivity contribution in [2.45, 2.75) is 32.7 Å². The van der Waals surface area contributed by atoms with Gasteiger partial charge in [-0.25, -0.2) is 9.97 Å². The van der Waals surface area contributed by atoms with Gasteiger partial charge >= 0.3 is 0 Å². The number of aromatic nitrogens is 2. The van der Waals surface area contributed by atoms with Crippen molar-refractivity contribution in [3.05, 3.63) is 18.1 Å². The van der Waals surface area contributed by atoms with E-state index in [0.717, 1.165) is 49.1 Å². The Morgan fingerprint density at radius 1 is 1.35 bits per heavy atom. The normalized spacial score (nSPS) is 18.1. The number of nitrogens with zero attached hydrogens (tertiary/aromatic N) is 3. The van der Waals surface area contributed by atoms with Crippen LogP contribution >= 0.6 is 0 Å².